The van der Waals surface area contributed by atoms with Crippen molar-refractivity contribution in [3.05, 3.63) is 135 Å². The minimum Gasteiger partial charge on any atom is -0.469 e. The molecule has 318 valence electrons. The van der Waals surface area contributed by atoms with Crippen LogP contribution in [0.15, 0.2) is 44.5 Å². The second kappa shape index (κ2) is 24.4. The maximum Gasteiger partial charge on any atom is 0.103 e. The maximum absolute atomic E-state index is 5.09. The molecule has 0 aliphatic heterocycles. The Balaban J connectivity index is 0.000000333. The molecule has 57 heavy (non-hydrogen) atoms. The van der Waals surface area contributed by atoms with Crippen LogP contribution in [-0.2, 0) is 14.1 Å². The Morgan fingerprint density at radius 1 is 0.439 bits per heavy atom. The third-order valence-electron chi connectivity index (χ3n) is 12.5. The largest absolute Gasteiger partial charge is 0.469 e. The molecule has 6 aromatic heterocycles. The van der Waals surface area contributed by atoms with Gasteiger partial charge in [0.15, 0.2) is 0 Å². The van der Waals surface area contributed by atoms with E-state index in [0.29, 0.717) is 0 Å². The molecule has 1 fully saturated rings. The molecule has 6 heteroatoms. The standard InChI is InChI=1S/2C8H13N.2C7H10O.2C7H10S.C7H14/c2*1-6-5-9(4)8(3)7(6)2;4*1-5-4-8-7(3)6(5)2;1-6-4-3-5-7(6)2/h2*5H,1-4H3;4*4H,1-3H3;6-7H,3-5H2,1-2H3. The highest BCUT2D eigenvalue weighted by molar-refractivity contribution is 7.10. The van der Waals surface area contributed by atoms with Crippen molar-refractivity contribution < 1.29 is 8.83 Å². The van der Waals surface area contributed by atoms with Crippen LogP contribution in [0.5, 0.6) is 0 Å². The first-order chi connectivity index (χ1) is 26.4. The molecule has 0 amide bonds. The molecule has 2 unspecified atom stereocenters. The zero-order chi connectivity index (χ0) is 43.9. The van der Waals surface area contributed by atoms with Gasteiger partial charge in [0.25, 0.3) is 0 Å². The Morgan fingerprint density at radius 2 is 0.754 bits per heavy atom. The van der Waals surface area contributed by atoms with Crippen molar-refractivity contribution in [3.63, 3.8) is 0 Å². The molecule has 1 aliphatic carbocycles. The van der Waals surface area contributed by atoms with Crippen LogP contribution in [0.4, 0.5) is 0 Å². The second-order valence-electron chi connectivity index (χ2n) is 16.6. The van der Waals surface area contributed by atoms with E-state index < -0.39 is 0 Å². The van der Waals surface area contributed by atoms with E-state index in [1.165, 1.54) is 107 Å². The molecule has 4 nitrogen and oxygen atoms in total. The molecule has 0 radical (unpaired) electrons. The summed E-state index contributed by atoms with van der Waals surface area (Å²) in [5, 5.41) is 4.40. The van der Waals surface area contributed by atoms with Crippen LogP contribution in [0, 0.1) is 136 Å². The Kier molecular flexibility index (Phi) is 22.1. The topological polar surface area (TPSA) is 36.1 Å². The normalized spacial score (nSPS) is 13.9. The Hall–Kier alpha value is -3.48. The summed E-state index contributed by atoms with van der Waals surface area (Å²) < 4.78 is 14.5. The highest BCUT2D eigenvalue weighted by atomic mass is 32.1. The summed E-state index contributed by atoms with van der Waals surface area (Å²) >= 11 is 3.66. The monoisotopic (exact) mass is 817 g/mol. The van der Waals surface area contributed by atoms with Crippen LogP contribution in [0.1, 0.15) is 133 Å². The second-order valence-corrected chi connectivity index (χ2v) is 18.7. The molecule has 6 aromatic rings. The quantitative estimate of drug-likeness (QED) is 0.153. The fourth-order valence-corrected chi connectivity index (χ4v) is 7.66. The first kappa shape index (κ1) is 51.5. The van der Waals surface area contributed by atoms with Crippen LogP contribution in [0.2, 0.25) is 0 Å². The van der Waals surface area contributed by atoms with E-state index in [-0.39, 0.29) is 0 Å². The van der Waals surface area contributed by atoms with Crippen molar-refractivity contribution in [2.45, 2.75) is 158 Å². The van der Waals surface area contributed by atoms with E-state index in [9.17, 15) is 0 Å². The molecule has 0 saturated heterocycles. The highest BCUT2D eigenvalue weighted by Gasteiger charge is 2.17. The van der Waals surface area contributed by atoms with Gasteiger partial charge in [-0.25, -0.2) is 0 Å². The lowest BCUT2D eigenvalue weighted by molar-refractivity contribution is 0.457. The smallest absolute Gasteiger partial charge is 0.103 e. The molecule has 0 N–H and O–H groups in total. The van der Waals surface area contributed by atoms with Crippen molar-refractivity contribution in [2.24, 2.45) is 25.9 Å². The maximum atomic E-state index is 5.09. The van der Waals surface area contributed by atoms with Gasteiger partial charge < -0.3 is 18.0 Å². The summed E-state index contributed by atoms with van der Waals surface area (Å²) in [7, 11) is 4.16. The minimum atomic E-state index is 1.01. The molecular weight excluding hydrogens is 737 g/mol. The lowest BCUT2D eigenvalue weighted by Gasteiger charge is -2.05. The number of rotatable bonds is 0. The van der Waals surface area contributed by atoms with Gasteiger partial charge in [0, 0.05) is 47.6 Å². The van der Waals surface area contributed by atoms with E-state index in [2.05, 4.69) is 157 Å². The fourth-order valence-electron chi connectivity index (χ4n) is 5.92. The van der Waals surface area contributed by atoms with E-state index in [0.717, 1.165) is 23.4 Å². The van der Waals surface area contributed by atoms with Gasteiger partial charge in [-0.3, -0.25) is 0 Å². The van der Waals surface area contributed by atoms with Gasteiger partial charge in [-0.1, -0.05) is 33.1 Å². The summed E-state index contributed by atoms with van der Waals surface area (Å²) in [4.78, 5) is 2.89. The molecule has 6 heterocycles. The third-order valence-corrected chi connectivity index (χ3v) is 14.8. The van der Waals surface area contributed by atoms with Crippen molar-refractivity contribution in [3.8, 4) is 0 Å². The Labute approximate surface area is 357 Å². The molecule has 7 rings (SSSR count). The molecule has 2 atom stereocenters. The lowest BCUT2D eigenvalue weighted by atomic mass is 10.0. The molecule has 1 saturated carbocycles. The first-order valence-corrected chi connectivity index (χ1v) is 22.4. The van der Waals surface area contributed by atoms with Crippen LogP contribution >= 0.6 is 22.7 Å². The van der Waals surface area contributed by atoms with Gasteiger partial charge in [0.05, 0.1) is 12.5 Å². The molecule has 0 spiro atoms. The van der Waals surface area contributed by atoms with Crippen LogP contribution in [-0.4, -0.2) is 9.13 Å². The van der Waals surface area contributed by atoms with Crippen molar-refractivity contribution in [1.82, 2.24) is 9.13 Å². The van der Waals surface area contributed by atoms with Gasteiger partial charge in [0.2, 0.25) is 0 Å². The van der Waals surface area contributed by atoms with Gasteiger partial charge in [-0.15, -0.1) is 22.7 Å². The summed E-state index contributed by atoms with van der Waals surface area (Å²) in [6, 6.07) is 0. The van der Waals surface area contributed by atoms with E-state index in [4.69, 9.17) is 8.83 Å². The number of hydrogen-bond donors (Lipinski definition) is 0. The average Bonchev–Trinajstić information content (AvgIpc) is 4.02. The first-order valence-electron chi connectivity index (χ1n) is 20.7. The SMILES string of the molecule is CC1CCCC1C.Cc1cn(C)c(C)c1C.Cc1cn(C)c(C)c1C.Cc1coc(C)c1C.Cc1coc(C)c1C.Cc1csc(C)c1C.Cc1csc(C)c1C. The van der Waals surface area contributed by atoms with Crippen molar-refractivity contribution >= 4 is 22.7 Å². The third kappa shape index (κ3) is 16.4. The summed E-state index contributed by atoms with van der Waals surface area (Å²) in [5.74, 6) is 4.09. The van der Waals surface area contributed by atoms with Crippen LogP contribution in [0.25, 0.3) is 0 Å². The van der Waals surface area contributed by atoms with Gasteiger partial charge in [-0.05, 0) is 214 Å². The number of nitrogens with zero attached hydrogens (tertiary/aromatic N) is 2. The van der Waals surface area contributed by atoms with Gasteiger partial charge in [-0.2, -0.15) is 0 Å². The van der Waals surface area contributed by atoms with E-state index in [1.54, 1.807) is 12.5 Å². The molecule has 1 aliphatic rings. The molecular formula is C51H80N2O2S2. The number of furan rings is 2. The number of hydrogen-bond acceptors (Lipinski definition) is 4. The fraction of sp³-hybridized carbons (Fsp3) is 0.529. The van der Waals surface area contributed by atoms with Crippen LogP contribution < -0.4 is 0 Å². The van der Waals surface area contributed by atoms with Crippen molar-refractivity contribution in [2.75, 3.05) is 0 Å². The van der Waals surface area contributed by atoms with Crippen molar-refractivity contribution in [1.29, 1.82) is 0 Å². The average molecular weight is 817 g/mol. The zero-order valence-electron chi connectivity index (χ0n) is 40.3. The van der Waals surface area contributed by atoms with Gasteiger partial charge in [0.1, 0.15) is 11.5 Å². The number of aromatic nitrogens is 2. The Morgan fingerprint density at radius 3 is 0.825 bits per heavy atom. The van der Waals surface area contributed by atoms with E-state index >= 15 is 0 Å². The summed E-state index contributed by atoms with van der Waals surface area (Å²) in [5.41, 5.74) is 19.1. The predicted molar refractivity (Wildman–Crippen MR) is 254 cm³/mol. The van der Waals surface area contributed by atoms with Gasteiger partial charge >= 0.3 is 0 Å². The molecule has 0 aromatic carbocycles. The minimum absolute atomic E-state index is 1.01. The summed E-state index contributed by atoms with van der Waals surface area (Å²) in [6.45, 7) is 42.7. The number of thiophene rings is 2. The number of aryl methyl sites for hydroxylation is 12. The lowest BCUT2D eigenvalue weighted by Crippen LogP contribution is -1.95. The van der Waals surface area contributed by atoms with Crippen LogP contribution in [0.3, 0.4) is 0 Å². The van der Waals surface area contributed by atoms with E-state index in [1.807, 2.05) is 50.4 Å². The Bertz CT molecular complexity index is 1710. The predicted octanol–water partition coefficient (Wildman–Crippen LogP) is 16.1. The molecule has 0 bridgehead atoms. The summed E-state index contributed by atoms with van der Waals surface area (Å²) in [6.07, 6.45) is 12.3. The highest BCUT2D eigenvalue weighted by Crippen LogP contribution is 2.30. The zero-order valence-corrected chi connectivity index (χ0v) is 41.9.